The Bertz CT molecular complexity index is 435. The van der Waals surface area contributed by atoms with Crippen LogP contribution in [0.15, 0.2) is 18.2 Å². The molecule has 3 heteroatoms. The van der Waals surface area contributed by atoms with Gasteiger partial charge < -0.3 is 10.5 Å². The summed E-state index contributed by atoms with van der Waals surface area (Å²) < 4.78 is 5.98. The molecule has 0 spiro atoms. The minimum Gasteiger partial charge on any atom is -0.491 e. The normalized spacial score (nSPS) is 29.8. The Morgan fingerprint density at radius 2 is 2.17 bits per heavy atom. The van der Waals surface area contributed by atoms with Crippen LogP contribution in [-0.4, -0.2) is 6.61 Å². The molecule has 0 aromatic heterocycles. The largest absolute Gasteiger partial charge is 0.491 e. The van der Waals surface area contributed by atoms with Gasteiger partial charge in [-0.25, -0.2) is 0 Å². The van der Waals surface area contributed by atoms with Crippen LogP contribution in [-0.2, 0) is 6.54 Å². The quantitative estimate of drug-likeness (QED) is 0.903. The molecule has 1 aromatic rings. The van der Waals surface area contributed by atoms with Gasteiger partial charge in [0.15, 0.2) is 0 Å². The Morgan fingerprint density at radius 3 is 2.83 bits per heavy atom. The van der Waals surface area contributed by atoms with E-state index in [1.807, 2.05) is 18.2 Å². The summed E-state index contributed by atoms with van der Waals surface area (Å²) in [6.45, 7) is 1.28. The first-order chi connectivity index (χ1) is 8.78. The number of benzene rings is 1. The van der Waals surface area contributed by atoms with Gasteiger partial charge in [0, 0.05) is 12.1 Å². The topological polar surface area (TPSA) is 35.2 Å². The Hall–Kier alpha value is -0.730. The third-order valence-electron chi connectivity index (χ3n) is 4.59. The molecule has 3 rings (SSSR count). The highest BCUT2D eigenvalue weighted by Crippen LogP contribution is 2.48. The highest BCUT2D eigenvalue weighted by atomic mass is 35.5. The molecule has 2 fully saturated rings. The van der Waals surface area contributed by atoms with Gasteiger partial charge in [-0.3, -0.25) is 0 Å². The molecule has 2 saturated carbocycles. The number of ether oxygens (including phenoxy) is 1. The predicted molar refractivity (Wildman–Crippen MR) is 73.8 cm³/mol. The van der Waals surface area contributed by atoms with Crippen LogP contribution in [0, 0.1) is 17.8 Å². The summed E-state index contributed by atoms with van der Waals surface area (Å²) in [4.78, 5) is 0. The molecule has 2 N–H and O–H groups in total. The Morgan fingerprint density at radius 1 is 1.28 bits per heavy atom. The average molecular weight is 266 g/mol. The molecule has 18 heavy (non-hydrogen) atoms. The monoisotopic (exact) mass is 265 g/mol. The maximum atomic E-state index is 6.19. The summed E-state index contributed by atoms with van der Waals surface area (Å²) in [6.07, 6.45) is 5.58. The van der Waals surface area contributed by atoms with E-state index in [-0.39, 0.29) is 0 Å². The number of para-hydroxylation sites is 1. The maximum Gasteiger partial charge on any atom is 0.142 e. The molecule has 0 amide bonds. The standard InChI is InChI=1S/C15H20ClNO/c16-14-3-1-2-12(8-17)15(14)18-9-13-7-10-4-5-11(13)6-10/h1-3,10-11,13H,4-9,17H2. The zero-order valence-corrected chi connectivity index (χ0v) is 11.3. The number of hydrogen-bond acceptors (Lipinski definition) is 2. The van der Waals surface area contributed by atoms with Crippen LogP contribution in [0.4, 0.5) is 0 Å². The number of halogens is 1. The van der Waals surface area contributed by atoms with E-state index in [0.717, 1.165) is 35.7 Å². The minimum atomic E-state index is 0.479. The first kappa shape index (κ1) is 12.3. The smallest absolute Gasteiger partial charge is 0.142 e. The molecule has 0 aliphatic heterocycles. The number of rotatable bonds is 4. The van der Waals surface area contributed by atoms with Gasteiger partial charge in [0.25, 0.3) is 0 Å². The Labute approximate surface area is 113 Å². The van der Waals surface area contributed by atoms with Gasteiger partial charge in [-0.2, -0.15) is 0 Å². The van der Waals surface area contributed by atoms with Crippen molar-refractivity contribution < 1.29 is 4.74 Å². The second-order valence-electron chi connectivity index (χ2n) is 5.68. The minimum absolute atomic E-state index is 0.479. The van der Waals surface area contributed by atoms with Crippen LogP contribution in [0.25, 0.3) is 0 Å². The molecule has 3 unspecified atom stereocenters. The lowest BCUT2D eigenvalue weighted by molar-refractivity contribution is 0.194. The lowest BCUT2D eigenvalue weighted by Crippen LogP contribution is -2.19. The van der Waals surface area contributed by atoms with Crippen LogP contribution in [0.2, 0.25) is 5.02 Å². The molecular formula is C15H20ClNO. The Kier molecular flexibility index (Phi) is 3.49. The van der Waals surface area contributed by atoms with E-state index in [2.05, 4.69) is 0 Å². The van der Waals surface area contributed by atoms with Crippen LogP contribution < -0.4 is 10.5 Å². The van der Waals surface area contributed by atoms with Gasteiger partial charge in [0.1, 0.15) is 5.75 Å². The molecule has 3 atom stereocenters. The fraction of sp³-hybridized carbons (Fsp3) is 0.600. The molecule has 98 valence electrons. The third-order valence-corrected chi connectivity index (χ3v) is 4.89. The average Bonchev–Trinajstić information content (AvgIpc) is 2.99. The first-order valence-corrected chi connectivity index (χ1v) is 7.26. The fourth-order valence-electron chi connectivity index (χ4n) is 3.65. The van der Waals surface area contributed by atoms with E-state index in [1.165, 1.54) is 25.7 Å². The molecule has 2 aliphatic carbocycles. The Balaban J connectivity index is 1.66. The summed E-state index contributed by atoms with van der Waals surface area (Å²) in [6, 6.07) is 5.79. The van der Waals surface area contributed by atoms with E-state index in [0.29, 0.717) is 11.6 Å². The summed E-state index contributed by atoms with van der Waals surface area (Å²) >= 11 is 6.19. The van der Waals surface area contributed by atoms with Crippen molar-refractivity contribution in [1.82, 2.24) is 0 Å². The van der Waals surface area contributed by atoms with E-state index in [4.69, 9.17) is 22.1 Å². The van der Waals surface area contributed by atoms with Crippen molar-refractivity contribution in [2.45, 2.75) is 32.2 Å². The van der Waals surface area contributed by atoms with Gasteiger partial charge in [-0.05, 0) is 43.1 Å². The van der Waals surface area contributed by atoms with Crippen LogP contribution in [0.1, 0.15) is 31.2 Å². The second-order valence-corrected chi connectivity index (χ2v) is 6.09. The molecule has 0 saturated heterocycles. The zero-order valence-electron chi connectivity index (χ0n) is 10.6. The van der Waals surface area contributed by atoms with Crippen molar-refractivity contribution in [2.75, 3.05) is 6.61 Å². The van der Waals surface area contributed by atoms with E-state index in [9.17, 15) is 0 Å². The third kappa shape index (κ3) is 2.24. The summed E-state index contributed by atoms with van der Waals surface area (Å²) in [5.41, 5.74) is 6.73. The van der Waals surface area contributed by atoms with Crippen molar-refractivity contribution >= 4 is 11.6 Å². The molecule has 2 bridgehead atoms. The highest BCUT2D eigenvalue weighted by Gasteiger charge is 2.39. The van der Waals surface area contributed by atoms with E-state index < -0.39 is 0 Å². The maximum absolute atomic E-state index is 6.19. The van der Waals surface area contributed by atoms with Gasteiger partial charge in [0.2, 0.25) is 0 Å². The molecule has 1 aromatic carbocycles. The summed E-state index contributed by atoms with van der Waals surface area (Å²) in [7, 11) is 0. The van der Waals surface area contributed by atoms with Gasteiger partial charge in [-0.15, -0.1) is 0 Å². The first-order valence-electron chi connectivity index (χ1n) is 6.88. The van der Waals surface area contributed by atoms with Crippen molar-refractivity contribution in [3.8, 4) is 5.75 Å². The summed E-state index contributed by atoms with van der Waals surface area (Å²) in [5, 5.41) is 0.682. The van der Waals surface area contributed by atoms with Crippen LogP contribution >= 0.6 is 11.6 Å². The molecule has 2 nitrogen and oxygen atoms in total. The number of hydrogen-bond donors (Lipinski definition) is 1. The lowest BCUT2D eigenvalue weighted by Gasteiger charge is -2.22. The van der Waals surface area contributed by atoms with Gasteiger partial charge in [-0.1, -0.05) is 30.2 Å². The van der Waals surface area contributed by atoms with Crippen LogP contribution in [0.3, 0.4) is 0 Å². The fourth-order valence-corrected chi connectivity index (χ4v) is 3.90. The predicted octanol–water partition coefficient (Wildman–Crippen LogP) is 3.61. The molecule has 0 heterocycles. The molecule has 0 radical (unpaired) electrons. The lowest BCUT2D eigenvalue weighted by atomic mass is 9.89. The van der Waals surface area contributed by atoms with E-state index >= 15 is 0 Å². The van der Waals surface area contributed by atoms with Crippen molar-refractivity contribution in [1.29, 1.82) is 0 Å². The number of fused-ring (bicyclic) bond motifs is 2. The van der Waals surface area contributed by atoms with Crippen molar-refractivity contribution in [3.05, 3.63) is 28.8 Å². The van der Waals surface area contributed by atoms with E-state index in [1.54, 1.807) is 0 Å². The molecular weight excluding hydrogens is 246 g/mol. The summed E-state index contributed by atoms with van der Waals surface area (Å²) in [5.74, 6) is 3.37. The SMILES string of the molecule is NCc1cccc(Cl)c1OCC1CC2CCC1C2. The number of nitrogens with two attached hydrogens (primary N) is 1. The van der Waals surface area contributed by atoms with Gasteiger partial charge >= 0.3 is 0 Å². The molecule has 2 aliphatic rings. The second kappa shape index (κ2) is 5.10. The van der Waals surface area contributed by atoms with Crippen molar-refractivity contribution in [2.24, 2.45) is 23.5 Å². The van der Waals surface area contributed by atoms with Crippen molar-refractivity contribution in [3.63, 3.8) is 0 Å². The highest BCUT2D eigenvalue weighted by molar-refractivity contribution is 6.32. The van der Waals surface area contributed by atoms with Gasteiger partial charge in [0.05, 0.1) is 11.6 Å². The zero-order chi connectivity index (χ0) is 12.5. The van der Waals surface area contributed by atoms with Crippen LogP contribution in [0.5, 0.6) is 5.75 Å².